The van der Waals surface area contributed by atoms with E-state index in [1.807, 2.05) is 62.7 Å². The molecular formula is C19H31IN6O2S. The van der Waals surface area contributed by atoms with Gasteiger partial charge in [-0.2, -0.15) is 5.10 Å². The molecule has 1 aromatic carbocycles. The minimum atomic E-state index is -3.29. The van der Waals surface area contributed by atoms with Gasteiger partial charge in [-0.3, -0.25) is 4.99 Å². The fraction of sp³-hybridized carbons (Fsp3) is 0.474. The molecule has 3 N–H and O–H groups in total. The number of hydrogen-bond acceptors (Lipinski definition) is 4. The van der Waals surface area contributed by atoms with Crippen LogP contribution in [0.2, 0.25) is 0 Å². The second-order valence-electron chi connectivity index (χ2n) is 7.51. The number of guanidine groups is 1. The Hall–Kier alpha value is -1.66. The molecule has 0 aliphatic heterocycles. The van der Waals surface area contributed by atoms with E-state index < -0.39 is 15.6 Å². The van der Waals surface area contributed by atoms with Gasteiger partial charge in [0.05, 0.1) is 17.6 Å². The van der Waals surface area contributed by atoms with E-state index in [0.717, 1.165) is 28.9 Å². The van der Waals surface area contributed by atoms with Crippen LogP contribution in [0.5, 0.6) is 0 Å². The Morgan fingerprint density at radius 3 is 2.41 bits per heavy atom. The topological polar surface area (TPSA) is 100 Å². The predicted molar refractivity (Wildman–Crippen MR) is 129 cm³/mol. The highest BCUT2D eigenvalue weighted by molar-refractivity contribution is 14.0. The molecule has 0 bridgehead atoms. The van der Waals surface area contributed by atoms with E-state index in [4.69, 9.17) is 0 Å². The zero-order chi connectivity index (χ0) is 20.9. The van der Waals surface area contributed by atoms with Crippen LogP contribution in [0, 0.1) is 13.8 Å². The molecule has 0 aliphatic rings. The molecule has 162 valence electrons. The molecule has 0 saturated carbocycles. The molecule has 0 saturated heterocycles. The first-order valence-corrected chi connectivity index (χ1v) is 10.9. The largest absolute Gasteiger partial charge is 0.355 e. The Labute approximate surface area is 190 Å². The van der Waals surface area contributed by atoms with Crippen molar-refractivity contribution in [2.75, 3.05) is 19.8 Å². The molecule has 0 radical (unpaired) electrons. The summed E-state index contributed by atoms with van der Waals surface area (Å²) in [6, 6.07) is 10.1. The summed E-state index contributed by atoms with van der Waals surface area (Å²) in [5.41, 5.74) is 3.48. The molecule has 0 aliphatic carbocycles. The summed E-state index contributed by atoms with van der Waals surface area (Å²) in [6.07, 6.45) is 1.15. The van der Waals surface area contributed by atoms with Gasteiger partial charge in [-0.1, -0.05) is 18.2 Å². The maximum Gasteiger partial charge on any atom is 0.209 e. The molecule has 10 heteroatoms. The first-order valence-electron chi connectivity index (χ1n) is 9.06. The van der Waals surface area contributed by atoms with Gasteiger partial charge in [0.15, 0.2) is 5.96 Å². The van der Waals surface area contributed by atoms with Gasteiger partial charge in [0.1, 0.15) is 0 Å². The van der Waals surface area contributed by atoms with E-state index in [9.17, 15) is 8.42 Å². The Balaban J connectivity index is 0.00000420. The maximum absolute atomic E-state index is 11.5. The lowest BCUT2D eigenvalue weighted by Gasteiger charge is -2.26. The number of benzene rings is 1. The second kappa shape index (κ2) is 10.4. The zero-order valence-corrected chi connectivity index (χ0v) is 20.9. The standard InChI is InChI=1S/C19H30N6O2S.HI/c1-14-11-15(2)25(23-14)17-10-8-7-9-16(17)12-21-18(20-5)22-13-19(3,4)24-28(6,26)27;/h7-11,24H,12-13H2,1-6H3,(H2,20,21,22);1H. The third-order valence-corrected chi connectivity index (χ3v) is 4.98. The van der Waals surface area contributed by atoms with Crippen molar-refractivity contribution in [3.63, 3.8) is 0 Å². The fourth-order valence-electron chi connectivity index (χ4n) is 2.98. The summed E-state index contributed by atoms with van der Waals surface area (Å²) in [5, 5.41) is 11.0. The monoisotopic (exact) mass is 534 g/mol. The van der Waals surface area contributed by atoms with Gasteiger partial charge in [0, 0.05) is 31.4 Å². The Morgan fingerprint density at radius 2 is 1.86 bits per heavy atom. The summed E-state index contributed by atoms with van der Waals surface area (Å²) >= 11 is 0. The molecule has 0 spiro atoms. The van der Waals surface area contributed by atoms with Crippen LogP contribution in [0.15, 0.2) is 35.3 Å². The van der Waals surface area contributed by atoms with Gasteiger partial charge in [-0.15, -0.1) is 24.0 Å². The van der Waals surface area contributed by atoms with Gasteiger partial charge < -0.3 is 10.6 Å². The predicted octanol–water partition coefficient (Wildman–Crippen LogP) is 2.10. The van der Waals surface area contributed by atoms with Crippen LogP contribution in [0.4, 0.5) is 0 Å². The highest BCUT2D eigenvalue weighted by Crippen LogP contribution is 2.16. The molecule has 8 nitrogen and oxygen atoms in total. The number of nitrogens with zero attached hydrogens (tertiary/aromatic N) is 3. The van der Waals surface area contributed by atoms with Crippen molar-refractivity contribution in [3.8, 4) is 5.69 Å². The van der Waals surface area contributed by atoms with Crippen molar-refractivity contribution >= 4 is 40.0 Å². The van der Waals surface area contributed by atoms with Crippen LogP contribution in [0.3, 0.4) is 0 Å². The maximum atomic E-state index is 11.5. The molecule has 29 heavy (non-hydrogen) atoms. The number of sulfonamides is 1. The molecule has 0 amide bonds. The first kappa shape index (κ1) is 25.4. The summed E-state index contributed by atoms with van der Waals surface area (Å²) in [4.78, 5) is 4.22. The third kappa shape index (κ3) is 7.94. The van der Waals surface area contributed by atoms with Crippen molar-refractivity contribution in [2.24, 2.45) is 4.99 Å². The molecule has 2 aromatic rings. The number of aromatic nitrogens is 2. The molecule has 1 aromatic heterocycles. The minimum absolute atomic E-state index is 0. The number of aryl methyl sites for hydroxylation is 2. The number of aliphatic imine (C=N–C) groups is 1. The van der Waals surface area contributed by atoms with E-state index in [0.29, 0.717) is 19.0 Å². The highest BCUT2D eigenvalue weighted by atomic mass is 127. The molecule has 0 fully saturated rings. The molecule has 0 atom stereocenters. The summed E-state index contributed by atoms with van der Waals surface area (Å²) in [5.74, 6) is 0.589. The zero-order valence-electron chi connectivity index (χ0n) is 17.8. The van der Waals surface area contributed by atoms with Crippen LogP contribution < -0.4 is 15.4 Å². The molecular weight excluding hydrogens is 503 g/mol. The fourth-order valence-corrected chi connectivity index (χ4v) is 4.06. The van der Waals surface area contributed by atoms with Crippen LogP contribution in [0.25, 0.3) is 5.69 Å². The number of hydrogen-bond donors (Lipinski definition) is 3. The van der Waals surface area contributed by atoms with E-state index in [2.05, 4.69) is 25.4 Å². The van der Waals surface area contributed by atoms with Crippen LogP contribution >= 0.6 is 24.0 Å². The lowest BCUT2D eigenvalue weighted by atomic mass is 10.1. The SMILES string of the molecule is CN=C(NCc1ccccc1-n1nc(C)cc1C)NCC(C)(C)NS(C)(=O)=O.I. The van der Waals surface area contributed by atoms with Crippen molar-refractivity contribution in [2.45, 2.75) is 39.8 Å². The Kier molecular flexibility index (Phi) is 9.09. The second-order valence-corrected chi connectivity index (χ2v) is 9.25. The van der Waals surface area contributed by atoms with E-state index >= 15 is 0 Å². The highest BCUT2D eigenvalue weighted by Gasteiger charge is 2.22. The van der Waals surface area contributed by atoms with Crippen molar-refractivity contribution < 1.29 is 8.42 Å². The summed E-state index contributed by atoms with van der Waals surface area (Å²) in [7, 11) is -1.61. The average molecular weight is 534 g/mol. The molecule has 1 heterocycles. The number of para-hydroxylation sites is 1. The van der Waals surface area contributed by atoms with Gasteiger partial charge in [0.2, 0.25) is 10.0 Å². The minimum Gasteiger partial charge on any atom is -0.355 e. The number of halogens is 1. The van der Waals surface area contributed by atoms with Crippen LogP contribution in [-0.2, 0) is 16.6 Å². The van der Waals surface area contributed by atoms with Crippen LogP contribution in [-0.4, -0.2) is 49.5 Å². The third-order valence-electron chi connectivity index (χ3n) is 4.06. The lowest BCUT2D eigenvalue weighted by Crippen LogP contribution is -2.52. The van der Waals surface area contributed by atoms with Gasteiger partial charge >= 0.3 is 0 Å². The quantitative estimate of drug-likeness (QED) is 0.287. The van der Waals surface area contributed by atoms with E-state index in [-0.39, 0.29) is 24.0 Å². The molecule has 2 rings (SSSR count). The Bertz CT molecular complexity index is 953. The first-order chi connectivity index (χ1) is 13.0. The lowest BCUT2D eigenvalue weighted by molar-refractivity contribution is 0.446. The van der Waals surface area contributed by atoms with Gasteiger partial charge in [-0.25, -0.2) is 17.8 Å². The summed E-state index contributed by atoms with van der Waals surface area (Å²) < 4.78 is 27.5. The molecule has 0 unspecified atom stereocenters. The number of nitrogens with one attached hydrogen (secondary N) is 3. The van der Waals surface area contributed by atoms with Crippen molar-refractivity contribution in [1.82, 2.24) is 25.1 Å². The van der Waals surface area contributed by atoms with E-state index in [1.54, 1.807) is 7.05 Å². The number of rotatable bonds is 7. The average Bonchev–Trinajstić information content (AvgIpc) is 2.91. The van der Waals surface area contributed by atoms with Gasteiger partial charge in [0.25, 0.3) is 0 Å². The van der Waals surface area contributed by atoms with E-state index in [1.165, 1.54) is 0 Å². The normalized spacial score (nSPS) is 12.4. The summed E-state index contributed by atoms with van der Waals surface area (Å²) in [6.45, 7) is 8.57. The Morgan fingerprint density at radius 1 is 1.21 bits per heavy atom. The van der Waals surface area contributed by atoms with Gasteiger partial charge in [-0.05, 0) is 45.4 Å². The smallest absolute Gasteiger partial charge is 0.209 e. The van der Waals surface area contributed by atoms with Crippen molar-refractivity contribution in [3.05, 3.63) is 47.3 Å². The van der Waals surface area contributed by atoms with Crippen molar-refractivity contribution in [1.29, 1.82) is 0 Å². The van der Waals surface area contributed by atoms with Crippen LogP contribution in [0.1, 0.15) is 30.8 Å².